The van der Waals surface area contributed by atoms with Crippen LogP contribution in [0.25, 0.3) is 0 Å². The molecule has 2 aliphatic heterocycles. The molecule has 0 aromatic heterocycles. The van der Waals surface area contributed by atoms with Gasteiger partial charge in [0, 0.05) is 12.1 Å². The van der Waals surface area contributed by atoms with Crippen molar-refractivity contribution in [1.29, 1.82) is 0 Å². The molecule has 0 unspecified atom stereocenters. The van der Waals surface area contributed by atoms with E-state index in [1.807, 2.05) is 0 Å². The van der Waals surface area contributed by atoms with Crippen molar-refractivity contribution in [3.63, 3.8) is 0 Å². The molecule has 14 atom stereocenters. The lowest BCUT2D eigenvalue weighted by Gasteiger charge is -2.47. The number of hydrogen-bond donors (Lipinski definition) is 10. The minimum atomic E-state index is -1.53. The number of rotatable bonds is 6. The van der Waals surface area contributed by atoms with Gasteiger partial charge in [0.1, 0.15) is 48.8 Å². The summed E-state index contributed by atoms with van der Waals surface area (Å²) in [5.41, 5.74) is 17.9. The van der Waals surface area contributed by atoms with E-state index in [2.05, 4.69) is 0 Å². The van der Waals surface area contributed by atoms with Gasteiger partial charge in [-0.05, 0) is 6.42 Å². The molecule has 2 heterocycles. The first-order chi connectivity index (χ1) is 14.6. The zero-order valence-corrected chi connectivity index (χ0v) is 16.7. The predicted molar refractivity (Wildman–Crippen MR) is 99.8 cm³/mol. The van der Waals surface area contributed by atoms with Gasteiger partial charge < -0.3 is 71.9 Å². The van der Waals surface area contributed by atoms with E-state index in [0.717, 1.165) is 0 Å². The van der Waals surface area contributed by atoms with Crippen molar-refractivity contribution in [2.45, 2.75) is 92.1 Å². The van der Waals surface area contributed by atoms with E-state index in [-0.39, 0.29) is 6.42 Å². The third-order valence-corrected chi connectivity index (χ3v) is 6.07. The van der Waals surface area contributed by atoms with E-state index in [9.17, 15) is 35.7 Å². The van der Waals surface area contributed by atoms with E-state index in [0.29, 0.717) is 0 Å². The number of aliphatic hydroxyl groups is 7. The molecule has 14 nitrogen and oxygen atoms in total. The summed E-state index contributed by atoms with van der Waals surface area (Å²) in [6, 6.07) is -2.73. The van der Waals surface area contributed by atoms with Crippen LogP contribution in [0.4, 0.5) is 0 Å². The molecule has 0 aromatic rings. The molecule has 13 N–H and O–H groups in total. The Hall–Kier alpha value is -0.560. The fourth-order valence-corrected chi connectivity index (χ4v) is 4.14. The second kappa shape index (κ2) is 10.1. The van der Waals surface area contributed by atoms with Crippen molar-refractivity contribution in [3.05, 3.63) is 0 Å². The minimum Gasteiger partial charge on any atom is -0.394 e. The maximum atomic E-state index is 10.5. The van der Waals surface area contributed by atoms with Crippen molar-refractivity contribution in [2.24, 2.45) is 17.2 Å². The van der Waals surface area contributed by atoms with E-state index < -0.39 is 98.9 Å². The lowest BCUT2D eigenvalue weighted by Crippen LogP contribution is -2.68. The Morgan fingerprint density at radius 1 is 0.645 bits per heavy atom. The van der Waals surface area contributed by atoms with Gasteiger partial charge in [0.2, 0.25) is 0 Å². The molecule has 182 valence electrons. The van der Waals surface area contributed by atoms with Crippen LogP contribution in [-0.2, 0) is 18.9 Å². The molecule has 1 aliphatic carbocycles. The molecular weight excluding hydrogens is 422 g/mol. The summed E-state index contributed by atoms with van der Waals surface area (Å²) in [5.74, 6) is 0. The summed E-state index contributed by atoms with van der Waals surface area (Å²) in [6.07, 6.45) is -14.5. The van der Waals surface area contributed by atoms with E-state index in [1.54, 1.807) is 0 Å². The molecule has 14 heteroatoms. The van der Waals surface area contributed by atoms with Crippen molar-refractivity contribution in [3.8, 4) is 0 Å². The Balaban J connectivity index is 1.74. The molecule has 0 aromatic carbocycles. The van der Waals surface area contributed by atoms with Crippen LogP contribution in [0.2, 0.25) is 0 Å². The maximum Gasteiger partial charge on any atom is 0.187 e. The largest absolute Gasteiger partial charge is 0.394 e. The quantitative estimate of drug-likeness (QED) is 0.179. The first kappa shape index (κ1) is 25.1. The van der Waals surface area contributed by atoms with Crippen molar-refractivity contribution < 1.29 is 54.7 Å². The summed E-state index contributed by atoms with van der Waals surface area (Å²) in [5, 5.41) is 69.7. The zero-order chi connectivity index (χ0) is 23.0. The third kappa shape index (κ3) is 4.87. The highest BCUT2D eigenvalue weighted by Gasteiger charge is 2.52. The molecule has 0 amide bonds. The second-order valence-corrected chi connectivity index (χ2v) is 8.25. The van der Waals surface area contributed by atoms with E-state index in [1.165, 1.54) is 0 Å². The van der Waals surface area contributed by atoms with Crippen LogP contribution >= 0.6 is 0 Å². The second-order valence-electron chi connectivity index (χ2n) is 8.25. The Bertz CT molecular complexity index is 592. The van der Waals surface area contributed by atoms with Crippen LogP contribution in [0, 0.1) is 0 Å². The molecule has 1 saturated carbocycles. The standard InChI is InChI=1S/C17H33N3O11/c18-4-1-5(19)14(12(26)9(4)23)30-16-8(20)15(11(25)7(3-22)28-16)31-17-13(27)10(24)6(2-21)29-17/h4-17,21-27H,1-3,18-20H2/t4-,5+,6-,7-,8-,9+,10-,11-,12-,13-,14-,15-,16-,17+/m1/s1. The molecule has 31 heavy (non-hydrogen) atoms. The van der Waals surface area contributed by atoms with Crippen LogP contribution in [0.5, 0.6) is 0 Å². The Labute approximate surface area is 178 Å². The van der Waals surface area contributed by atoms with Crippen LogP contribution < -0.4 is 17.2 Å². The van der Waals surface area contributed by atoms with E-state index in [4.69, 9.17) is 36.1 Å². The Morgan fingerprint density at radius 3 is 1.77 bits per heavy atom. The highest BCUT2D eigenvalue weighted by atomic mass is 16.7. The smallest absolute Gasteiger partial charge is 0.187 e. The summed E-state index contributed by atoms with van der Waals surface area (Å²) < 4.78 is 22.1. The molecule has 0 spiro atoms. The van der Waals surface area contributed by atoms with Gasteiger partial charge in [-0.1, -0.05) is 0 Å². The molecular formula is C17H33N3O11. The van der Waals surface area contributed by atoms with Crippen LogP contribution in [-0.4, -0.2) is 135 Å². The zero-order valence-electron chi connectivity index (χ0n) is 16.7. The number of hydrogen-bond acceptors (Lipinski definition) is 14. The van der Waals surface area contributed by atoms with Crippen molar-refractivity contribution >= 4 is 0 Å². The van der Waals surface area contributed by atoms with Crippen LogP contribution in [0.1, 0.15) is 6.42 Å². The molecule has 3 aliphatic rings. The fourth-order valence-electron chi connectivity index (χ4n) is 4.14. The number of nitrogens with two attached hydrogens (primary N) is 3. The summed E-state index contributed by atoms with van der Waals surface area (Å²) in [4.78, 5) is 0. The van der Waals surface area contributed by atoms with Gasteiger partial charge in [0.15, 0.2) is 12.6 Å². The first-order valence-electron chi connectivity index (χ1n) is 10.1. The maximum absolute atomic E-state index is 10.5. The highest BCUT2D eigenvalue weighted by Crippen LogP contribution is 2.31. The molecule has 0 bridgehead atoms. The Kier molecular flexibility index (Phi) is 8.21. The third-order valence-electron chi connectivity index (χ3n) is 6.07. The molecule has 2 saturated heterocycles. The van der Waals surface area contributed by atoms with Crippen molar-refractivity contribution in [1.82, 2.24) is 0 Å². The lowest BCUT2D eigenvalue weighted by molar-refractivity contribution is -0.317. The topological polar surface area (TPSA) is 257 Å². The fraction of sp³-hybridized carbons (Fsp3) is 1.00. The predicted octanol–water partition coefficient (Wildman–Crippen LogP) is -6.62. The van der Waals surface area contributed by atoms with Gasteiger partial charge in [0.25, 0.3) is 0 Å². The average molecular weight is 455 g/mol. The monoisotopic (exact) mass is 455 g/mol. The van der Waals surface area contributed by atoms with Crippen LogP contribution in [0.15, 0.2) is 0 Å². The minimum absolute atomic E-state index is 0.152. The average Bonchev–Trinajstić information content (AvgIpc) is 3.01. The van der Waals surface area contributed by atoms with Gasteiger partial charge in [-0.25, -0.2) is 0 Å². The van der Waals surface area contributed by atoms with Crippen molar-refractivity contribution in [2.75, 3.05) is 13.2 Å². The first-order valence-corrected chi connectivity index (χ1v) is 10.1. The van der Waals surface area contributed by atoms with Gasteiger partial charge in [-0.15, -0.1) is 0 Å². The van der Waals surface area contributed by atoms with Gasteiger partial charge in [-0.2, -0.15) is 0 Å². The number of aliphatic hydroxyl groups excluding tert-OH is 7. The Morgan fingerprint density at radius 2 is 1.19 bits per heavy atom. The molecule has 3 rings (SSSR count). The van der Waals surface area contributed by atoms with Gasteiger partial charge >= 0.3 is 0 Å². The molecule has 3 fully saturated rings. The highest BCUT2D eigenvalue weighted by molar-refractivity contribution is 5.00. The lowest BCUT2D eigenvalue weighted by atomic mass is 9.84. The normalized spacial score (nSPS) is 53.6. The van der Waals surface area contributed by atoms with E-state index >= 15 is 0 Å². The summed E-state index contributed by atoms with van der Waals surface area (Å²) in [7, 11) is 0. The summed E-state index contributed by atoms with van der Waals surface area (Å²) in [6.45, 7) is -1.22. The number of ether oxygens (including phenoxy) is 4. The summed E-state index contributed by atoms with van der Waals surface area (Å²) >= 11 is 0. The van der Waals surface area contributed by atoms with Crippen LogP contribution in [0.3, 0.4) is 0 Å². The SMILES string of the molecule is N[C@H]1[C@@H](O[C@H]2[C@H](O)[C@@H](O)[C@H](N)C[C@@H]2N)O[C@H](CO)[C@@H](O)[C@@H]1O[C@@H]1O[C@H](CO)[C@@H](O)[C@H]1O. The molecule has 0 radical (unpaired) electrons. The van der Waals surface area contributed by atoms with Gasteiger partial charge in [0.05, 0.1) is 25.4 Å². The van der Waals surface area contributed by atoms with Gasteiger partial charge in [-0.3, -0.25) is 0 Å².